The molecular formula is C20H26Cl2N6O. The number of fused-ring (bicyclic) bond motifs is 1. The Kier molecular flexibility index (Phi) is 7.57. The number of piperidine rings is 1. The van der Waals surface area contributed by atoms with Gasteiger partial charge >= 0.3 is 0 Å². The molecule has 1 aliphatic rings. The molecular weight excluding hydrogens is 411 g/mol. The second-order valence-electron chi connectivity index (χ2n) is 7.27. The molecule has 1 atom stereocenters. The number of nitrogens with two attached hydrogens (primary N) is 1. The third-order valence-electron chi connectivity index (χ3n) is 5.52. The van der Waals surface area contributed by atoms with Gasteiger partial charge in [0.25, 0.3) is 5.91 Å². The SMILES string of the molecule is Cc1c(C(=O)N2CCC(C(C)N)CC2)nnn1-c1cccc2ncccc12.Cl.Cl. The van der Waals surface area contributed by atoms with Crippen LogP contribution in [0, 0.1) is 12.8 Å². The monoisotopic (exact) mass is 436 g/mol. The summed E-state index contributed by atoms with van der Waals surface area (Å²) in [5.74, 6) is 0.425. The summed E-state index contributed by atoms with van der Waals surface area (Å²) in [5.41, 5.74) is 8.92. The highest BCUT2D eigenvalue weighted by molar-refractivity contribution is 5.94. The standard InChI is InChI=1S/C20H24N6O.2ClH/c1-13(21)15-8-11-25(12-9-15)20(27)19-14(2)26(24-23-19)18-7-3-6-17-16(18)5-4-10-22-17;;/h3-7,10,13,15H,8-9,11-12,21H2,1-2H3;2*1H. The van der Waals surface area contributed by atoms with E-state index in [1.54, 1.807) is 10.9 Å². The van der Waals surface area contributed by atoms with Crippen molar-refractivity contribution < 1.29 is 4.79 Å². The van der Waals surface area contributed by atoms with Crippen molar-refractivity contribution in [1.29, 1.82) is 0 Å². The van der Waals surface area contributed by atoms with Gasteiger partial charge in [-0.3, -0.25) is 9.78 Å². The number of likely N-dealkylation sites (tertiary alicyclic amines) is 1. The smallest absolute Gasteiger partial charge is 0.276 e. The summed E-state index contributed by atoms with van der Waals surface area (Å²) in [5, 5.41) is 9.45. The molecule has 9 heteroatoms. The van der Waals surface area contributed by atoms with Crippen LogP contribution in [0.3, 0.4) is 0 Å². The zero-order valence-electron chi connectivity index (χ0n) is 16.5. The number of carbonyl (C=O) groups is 1. The number of rotatable bonds is 3. The lowest BCUT2D eigenvalue weighted by molar-refractivity contribution is 0.0674. The minimum absolute atomic E-state index is 0. The lowest BCUT2D eigenvalue weighted by atomic mass is 9.91. The first-order valence-electron chi connectivity index (χ1n) is 9.37. The van der Waals surface area contributed by atoms with Crippen molar-refractivity contribution in [3.05, 3.63) is 47.9 Å². The molecule has 1 unspecified atom stereocenters. The maximum Gasteiger partial charge on any atom is 0.276 e. The highest BCUT2D eigenvalue weighted by Crippen LogP contribution is 2.24. The van der Waals surface area contributed by atoms with Crippen LogP contribution in [0.2, 0.25) is 0 Å². The first-order valence-corrected chi connectivity index (χ1v) is 9.37. The van der Waals surface area contributed by atoms with Gasteiger partial charge in [0.1, 0.15) is 0 Å². The van der Waals surface area contributed by atoms with Crippen molar-refractivity contribution in [3.63, 3.8) is 0 Å². The molecule has 0 saturated carbocycles. The van der Waals surface area contributed by atoms with Crippen LogP contribution in [0.4, 0.5) is 0 Å². The number of pyridine rings is 1. The average Bonchev–Trinajstić information content (AvgIpc) is 3.08. The van der Waals surface area contributed by atoms with E-state index in [4.69, 9.17) is 5.73 Å². The van der Waals surface area contributed by atoms with Crippen LogP contribution >= 0.6 is 24.8 Å². The van der Waals surface area contributed by atoms with Gasteiger partial charge in [-0.05, 0) is 56.9 Å². The number of hydrogen-bond donors (Lipinski definition) is 1. The molecule has 1 amide bonds. The van der Waals surface area contributed by atoms with Crippen molar-refractivity contribution in [2.75, 3.05) is 13.1 Å². The summed E-state index contributed by atoms with van der Waals surface area (Å²) in [6, 6.07) is 9.93. The van der Waals surface area contributed by atoms with E-state index in [0.29, 0.717) is 11.6 Å². The van der Waals surface area contributed by atoms with Gasteiger partial charge in [-0.1, -0.05) is 11.3 Å². The molecule has 0 aliphatic carbocycles. The molecule has 1 aliphatic heterocycles. The highest BCUT2D eigenvalue weighted by Gasteiger charge is 2.28. The fourth-order valence-electron chi connectivity index (χ4n) is 3.81. The van der Waals surface area contributed by atoms with Crippen LogP contribution in [0.25, 0.3) is 16.6 Å². The van der Waals surface area contributed by atoms with Crippen LogP contribution in [-0.2, 0) is 0 Å². The second-order valence-corrected chi connectivity index (χ2v) is 7.27. The Balaban J connectivity index is 0.00000150. The van der Waals surface area contributed by atoms with E-state index in [1.807, 2.05) is 49.1 Å². The van der Waals surface area contributed by atoms with Gasteiger partial charge < -0.3 is 10.6 Å². The number of aromatic nitrogens is 4. The minimum Gasteiger partial charge on any atom is -0.337 e. The lowest BCUT2D eigenvalue weighted by Crippen LogP contribution is -2.42. The highest BCUT2D eigenvalue weighted by atomic mass is 35.5. The van der Waals surface area contributed by atoms with Gasteiger partial charge in [0.05, 0.1) is 16.9 Å². The van der Waals surface area contributed by atoms with E-state index in [2.05, 4.69) is 15.3 Å². The third-order valence-corrected chi connectivity index (χ3v) is 5.52. The predicted molar refractivity (Wildman–Crippen MR) is 118 cm³/mol. The molecule has 4 rings (SSSR count). The molecule has 0 radical (unpaired) electrons. The molecule has 1 saturated heterocycles. The molecule has 7 nitrogen and oxygen atoms in total. The summed E-state index contributed by atoms with van der Waals surface area (Å²) in [4.78, 5) is 19.2. The zero-order chi connectivity index (χ0) is 19.0. The quantitative estimate of drug-likeness (QED) is 0.680. The van der Waals surface area contributed by atoms with Crippen molar-refractivity contribution in [2.24, 2.45) is 11.7 Å². The van der Waals surface area contributed by atoms with Crippen molar-refractivity contribution in [3.8, 4) is 5.69 Å². The minimum atomic E-state index is -0.0553. The fraction of sp³-hybridized carbons (Fsp3) is 0.400. The van der Waals surface area contributed by atoms with E-state index < -0.39 is 0 Å². The Morgan fingerprint density at radius 2 is 1.90 bits per heavy atom. The second kappa shape index (κ2) is 9.52. The van der Waals surface area contributed by atoms with E-state index in [-0.39, 0.29) is 36.8 Å². The molecule has 3 aromatic rings. The van der Waals surface area contributed by atoms with Crippen molar-refractivity contribution in [2.45, 2.75) is 32.7 Å². The van der Waals surface area contributed by atoms with Crippen LogP contribution < -0.4 is 5.73 Å². The van der Waals surface area contributed by atoms with Gasteiger partial charge in [0.15, 0.2) is 5.69 Å². The molecule has 0 spiro atoms. The Morgan fingerprint density at radius 1 is 1.17 bits per heavy atom. The predicted octanol–water partition coefficient (Wildman–Crippen LogP) is 3.17. The Hall–Kier alpha value is -2.22. The molecule has 156 valence electrons. The summed E-state index contributed by atoms with van der Waals surface area (Å²) in [6.45, 7) is 5.36. The van der Waals surface area contributed by atoms with Crippen LogP contribution in [0.1, 0.15) is 35.9 Å². The molecule has 0 bridgehead atoms. The number of benzene rings is 1. The van der Waals surface area contributed by atoms with Gasteiger partial charge in [0.2, 0.25) is 0 Å². The number of hydrogen-bond acceptors (Lipinski definition) is 5. The summed E-state index contributed by atoms with van der Waals surface area (Å²) in [7, 11) is 0. The first-order chi connectivity index (χ1) is 13.1. The molecule has 1 aromatic carbocycles. The number of carbonyl (C=O) groups excluding carboxylic acids is 1. The topological polar surface area (TPSA) is 89.9 Å². The Morgan fingerprint density at radius 3 is 2.59 bits per heavy atom. The fourth-order valence-corrected chi connectivity index (χ4v) is 3.81. The normalized spacial score (nSPS) is 15.5. The number of amides is 1. The van der Waals surface area contributed by atoms with E-state index in [0.717, 1.165) is 48.2 Å². The summed E-state index contributed by atoms with van der Waals surface area (Å²) in [6.07, 6.45) is 3.64. The Bertz CT molecular complexity index is 977. The van der Waals surface area contributed by atoms with Crippen molar-refractivity contribution in [1.82, 2.24) is 24.9 Å². The molecule has 1 fully saturated rings. The zero-order valence-corrected chi connectivity index (χ0v) is 18.1. The molecule has 2 aromatic heterocycles. The maximum absolute atomic E-state index is 13.0. The van der Waals surface area contributed by atoms with Crippen molar-refractivity contribution >= 4 is 41.6 Å². The summed E-state index contributed by atoms with van der Waals surface area (Å²) < 4.78 is 1.73. The average molecular weight is 437 g/mol. The lowest BCUT2D eigenvalue weighted by Gasteiger charge is -2.33. The molecule has 2 N–H and O–H groups in total. The van der Waals surface area contributed by atoms with Crippen LogP contribution in [0.15, 0.2) is 36.5 Å². The van der Waals surface area contributed by atoms with E-state index in [9.17, 15) is 4.79 Å². The number of nitrogens with zero attached hydrogens (tertiary/aromatic N) is 5. The van der Waals surface area contributed by atoms with E-state index >= 15 is 0 Å². The van der Waals surface area contributed by atoms with E-state index in [1.165, 1.54) is 0 Å². The van der Waals surface area contributed by atoms with Gasteiger partial charge in [-0.15, -0.1) is 29.9 Å². The maximum atomic E-state index is 13.0. The van der Waals surface area contributed by atoms with Gasteiger partial charge in [-0.2, -0.15) is 0 Å². The molecule has 3 heterocycles. The van der Waals surface area contributed by atoms with Crippen LogP contribution in [-0.4, -0.2) is 49.9 Å². The first kappa shape index (κ1) is 23.1. The molecule has 29 heavy (non-hydrogen) atoms. The number of halogens is 2. The van der Waals surface area contributed by atoms with Crippen LogP contribution in [0.5, 0.6) is 0 Å². The largest absolute Gasteiger partial charge is 0.337 e. The summed E-state index contributed by atoms with van der Waals surface area (Å²) >= 11 is 0. The Labute approximate surface area is 182 Å². The van der Waals surface area contributed by atoms with Gasteiger partial charge in [0, 0.05) is 30.7 Å². The van der Waals surface area contributed by atoms with Gasteiger partial charge in [-0.25, -0.2) is 4.68 Å². The third kappa shape index (κ3) is 4.37.